The van der Waals surface area contributed by atoms with Gasteiger partial charge >= 0.3 is 5.97 Å². The van der Waals surface area contributed by atoms with Crippen molar-refractivity contribution < 1.29 is 13.9 Å². The first-order valence-corrected chi connectivity index (χ1v) is 7.32. The number of rotatable bonds is 7. The number of nitrogens with one attached hydrogen (secondary N) is 1. The lowest BCUT2D eigenvalue weighted by molar-refractivity contribution is -0.145. The number of benzene rings is 1. The molecule has 0 heterocycles. The van der Waals surface area contributed by atoms with E-state index in [0.717, 1.165) is 4.90 Å². The van der Waals surface area contributed by atoms with Crippen molar-refractivity contribution in [3.63, 3.8) is 0 Å². The number of esters is 1. The van der Waals surface area contributed by atoms with Crippen molar-refractivity contribution in [2.45, 2.75) is 37.8 Å². The first-order chi connectivity index (χ1) is 9.02. The molecule has 1 aromatic rings. The molecule has 1 N–H and O–H groups in total. The van der Waals surface area contributed by atoms with Gasteiger partial charge in [-0.3, -0.25) is 4.79 Å². The Hall–Kier alpha value is -1.07. The van der Waals surface area contributed by atoms with Gasteiger partial charge in [-0.1, -0.05) is 19.9 Å². The van der Waals surface area contributed by atoms with E-state index in [4.69, 9.17) is 4.74 Å². The summed E-state index contributed by atoms with van der Waals surface area (Å²) >= 11 is 1.44. The summed E-state index contributed by atoms with van der Waals surface area (Å²) in [7, 11) is 0. The van der Waals surface area contributed by atoms with Crippen molar-refractivity contribution in [3.8, 4) is 0 Å². The Labute approximate surface area is 117 Å². The molecule has 1 atom stereocenters. The molecule has 0 aliphatic heterocycles. The van der Waals surface area contributed by atoms with Gasteiger partial charge in [0.25, 0.3) is 0 Å². The van der Waals surface area contributed by atoms with Gasteiger partial charge in [-0.15, -0.1) is 11.8 Å². The Kier molecular flexibility index (Phi) is 6.87. The fourth-order valence-electron chi connectivity index (χ4n) is 1.57. The van der Waals surface area contributed by atoms with Crippen molar-refractivity contribution >= 4 is 17.7 Å². The third-order valence-corrected chi connectivity index (χ3v) is 3.41. The molecule has 0 fully saturated rings. The van der Waals surface area contributed by atoms with Crippen molar-refractivity contribution in [1.82, 2.24) is 5.32 Å². The Bertz CT molecular complexity index is 412. The van der Waals surface area contributed by atoms with E-state index < -0.39 is 0 Å². The monoisotopic (exact) mass is 285 g/mol. The third-order valence-electron chi connectivity index (χ3n) is 2.32. The second kappa shape index (κ2) is 8.17. The van der Waals surface area contributed by atoms with E-state index in [9.17, 15) is 9.18 Å². The van der Waals surface area contributed by atoms with Gasteiger partial charge in [0.1, 0.15) is 11.9 Å². The SMILES string of the molecule is CCOC(=O)C(CSc1cccc(F)c1)NC(C)C. The minimum absolute atomic E-state index is 0.183. The Balaban J connectivity index is 2.59. The van der Waals surface area contributed by atoms with Crippen molar-refractivity contribution in [2.24, 2.45) is 0 Å². The maximum Gasteiger partial charge on any atom is 0.324 e. The second-order valence-corrected chi connectivity index (χ2v) is 5.49. The summed E-state index contributed by atoms with van der Waals surface area (Å²) in [5.41, 5.74) is 0. The molecule has 0 spiro atoms. The number of carbonyl (C=O) groups excluding carboxylic acids is 1. The van der Waals surface area contributed by atoms with Crippen LogP contribution in [-0.2, 0) is 9.53 Å². The first-order valence-electron chi connectivity index (χ1n) is 6.34. The van der Waals surface area contributed by atoms with E-state index in [0.29, 0.717) is 12.4 Å². The molecule has 0 saturated heterocycles. The van der Waals surface area contributed by atoms with Crippen LogP contribution < -0.4 is 5.32 Å². The largest absolute Gasteiger partial charge is 0.465 e. The molecule has 5 heteroatoms. The molecule has 0 aliphatic rings. The molecule has 0 aliphatic carbocycles. The maximum atomic E-state index is 13.1. The highest BCUT2D eigenvalue weighted by Crippen LogP contribution is 2.20. The summed E-state index contributed by atoms with van der Waals surface area (Å²) in [5.74, 6) is -0.0184. The molecular weight excluding hydrogens is 265 g/mol. The van der Waals surface area contributed by atoms with E-state index in [1.165, 1.54) is 23.9 Å². The van der Waals surface area contributed by atoms with Crippen molar-refractivity contribution in [1.29, 1.82) is 0 Å². The van der Waals surface area contributed by atoms with Crippen LogP contribution >= 0.6 is 11.8 Å². The smallest absolute Gasteiger partial charge is 0.324 e. The van der Waals surface area contributed by atoms with Crippen LogP contribution in [0.2, 0.25) is 0 Å². The Morgan fingerprint density at radius 2 is 2.21 bits per heavy atom. The summed E-state index contributed by atoms with van der Waals surface area (Å²) in [6.45, 7) is 6.09. The number of hydrogen-bond acceptors (Lipinski definition) is 4. The third kappa shape index (κ3) is 6.07. The topological polar surface area (TPSA) is 38.3 Å². The molecule has 106 valence electrons. The average molecular weight is 285 g/mol. The average Bonchev–Trinajstić information content (AvgIpc) is 2.34. The highest BCUT2D eigenvalue weighted by Gasteiger charge is 2.20. The van der Waals surface area contributed by atoms with Crippen LogP contribution in [0.25, 0.3) is 0 Å². The number of ether oxygens (including phenoxy) is 1. The highest BCUT2D eigenvalue weighted by molar-refractivity contribution is 7.99. The molecular formula is C14H20FNO2S. The highest BCUT2D eigenvalue weighted by atomic mass is 32.2. The zero-order valence-electron chi connectivity index (χ0n) is 11.5. The molecule has 3 nitrogen and oxygen atoms in total. The molecule has 1 rings (SSSR count). The first kappa shape index (κ1) is 16.0. The van der Waals surface area contributed by atoms with Gasteiger partial charge in [-0.05, 0) is 25.1 Å². The predicted molar refractivity (Wildman–Crippen MR) is 75.8 cm³/mol. The van der Waals surface area contributed by atoms with Crippen LogP contribution in [0.4, 0.5) is 4.39 Å². The standard InChI is InChI=1S/C14H20FNO2S/c1-4-18-14(17)13(16-10(2)3)9-19-12-7-5-6-11(15)8-12/h5-8,10,13,16H,4,9H2,1-3H3. The van der Waals surface area contributed by atoms with Crippen LogP contribution in [0.15, 0.2) is 29.2 Å². The zero-order chi connectivity index (χ0) is 14.3. The molecule has 0 amide bonds. The molecule has 0 saturated carbocycles. The number of thioether (sulfide) groups is 1. The van der Waals surface area contributed by atoms with Gasteiger partial charge in [-0.2, -0.15) is 0 Å². The van der Waals surface area contributed by atoms with Gasteiger partial charge in [0, 0.05) is 16.7 Å². The normalized spacial score (nSPS) is 12.5. The van der Waals surface area contributed by atoms with Crippen LogP contribution in [0, 0.1) is 5.82 Å². The van der Waals surface area contributed by atoms with Gasteiger partial charge < -0.3 is 10.1 Å². The summed E-state index contributed by atoms with van der Waals surface area (Å²) in [6, 6.07) is 6.15. The van der Waals surface area contributed by atoms with E-state index >= 15 is 0 Å². The summed E-state index contributed by atoms with van der Waals surface area (Å²) < 4.78 is 18.1. The summed E-state index contributed by atoms with van der Waals surface area (Å²) in [5, 5.41) is 3.16. The van der Waals surface area contributed by atoms with Crippen LogP contribution in [0.1, 0.15) is 20.8 Å². The number of hydrogen-bond donors (Lipinski definition) is 1. The van der Waals surface area contributed by atoms with Gasteiger partial charge in [0.05, 0.1) is 6.61 Å². The maximum absolute atomic E-state index is 13.1. The van der Waals surface area contributed by atoms with Gasteiger partial charge in [0.15, 0.2) is 0 Å². The minimum Gasteiger partial charge on any atom is -0.465 e. The molecule has 0 aromatic heterocycles. The number of carbonyl (C=O) groups is 1. The van der Waals surface area contributed by atoms with Crippen molar-refractivity contribution in [3.05, 3.63) is 30.1 Å². The molecule has 1 unspecified atom stereocenters. The van der Waals surface area contributed by atoms with Crippen LogP contribution in [0.3, 0.4) is 0 Å². The summed E-state index contributed by atoms with van der Waals surface area (Å²) in [6.07, 6.45) is 0. The Morgan fingerprint density at radius 3 is 2.79 bits per heavy atom. The van der Waals surface area contributed by atoms with Gasteiger partial charge in [-0.25, -0.2) is 4.39 Å². The molecule has 0 bridgehead atoms. The van der Waals surface area contributed by atoms with Crippen LogP contribution in [-0.4, -0.2) is 30.4 Å². The lowest BCUT2D eigenvalue weighted by atomic mass is 10.3. The van der Waals surface area contributed by atoms with E-state index in [2.05, 4.69) is 5.32 Å². The molecule has 19 heavy (non-hydrogen) atoms. The van der Waals surface area contributed by atoms with Gasteiger partial charge in [0.2, 0.25) is 0 Å². The van der Waals surface area contributed by atoms with E-state index in [1.54, 1.807) is 13.0 Å². The van der Waals surface area contributed by atoms with E-state index in [-0.39, 0.29) is 23.9 Å². The zero-order valence-corrected chi connectivity index (χ0v) is 12.3. The lowest BCUT2D eigenvalue weighted by Crippen LogP contribution is -2.43. The summed E-state index contributed by atoms with van der Waals surface area (Å²) in [4.78, 5) is 12.6. The molecule has 1 aromatic carbocycles. The van der Waals surface area contributed by atoms with Crippen LogP contribution in [0.5, 0.6) is 0 Å². The quantitative estimate of drug-likeness (QED) is 0.617. The van der Waals surface area contributed by atoms with Crippen molar-refractivity contribution in [2.75, 3.05) is 12.4 Å². The predicted octanol–water partition coefficient (Wildman–Crippen LogP) is 2.85. The fourth-order valence-corrected chi connectivity index (χ4v) is 2.53. The number of halogens is 1. The second-order valence-electron chi connectivity index (χ2n) is 4.39. The molecule has 0 radical (unpaired) electrons. The fraction of sp³-hybridized carbons (Fsp3) is 0.500. The lowest BCUT2D eigenvalue weighted by Gasteiger charge is -2.19. The minimum atomic E-state index is -0.381. The van der Waals surface area contributed by atoms with E-state index in [1.807, 2.05) is 19.9 Å². The Morgan fingerprint density at radius 1 is 1.47 bits per heavy atom.